The average Bonchev–Trinajstić information content (AvgIpc) is 3.34. The largest absolute Gasteiger partial charge is 0.454 e. The lowest BCUT2D eigenvalue weighted by atomic mass is 10.1. The molecule has 0 fully saturated rings. The quantitative estimate of drug-likeness (QED) is 0.623. The SMILES string of the molecule is CCN(Cc1ccc2c(c1)OCO2)C(=O)c1csc(-c2ccc(C)cc2C)n1. The van der Waals surface area contributed by atoms with Crippen molar-refractivity contribution >= 4 is 17.2 Å². The molecule has 2 aromatic carbocycles. The number of rotatable bonds is 5. The molecule has 144 valence electrons. The van der Waals surface area contributed by atoms with Crippen molar-refractivity contribution in [2.24, 2.45) is 0 Å². The Labute approximate surface area is 168 Å². The van der Waals surface area contributed by atoms with Gasteiger partial charge in [-0.3, -0.25) is 4.79 Å². The molecule has 1 aromatic heterocycles. The number of ether oxygens (including phenoxy) is 2. The minimum Gasteiger partial charge on any atom is -0.454 e. The summed E-state index contributed by atoms with van der Waals surface area (Å²) in [5.41, 5.74) is 4.95. The normalized spacial score (nSPS) is 12.2. The van der Waals surface area contributed by atoms with E-state index in [0.717, 1.165) is 27.6 Å². The lowest BCUT2D eigenvalue weighted by Gasteiger charge is -2.20. The summed E-state index contributed by atoms with van der Waals surface area (Å²) in [4.78, 5) is 19.4. The number of benzene rings is 2. The van der Waals surface area contributed by atoms with Gasteiger partial charge in [-0.15, -0.1) is 11.3 Å². The summed E-state index contributed by atoms with van der Waals surface area (Å²) in [6.07, 6.45) is 0. The van der Waals surface area contributed by atoms with E-state index in [1.165, 1.54) is 22.5 Å². The molecule has 1 aliphatic rings. The van der Waals surface area contributed by atoms with Gasteiger partial charge in [0.2, 0.25) is 6.79 Å². The fourth-order valence-electron chi connectivity index (χ4n) is 3.30. The van der Waals surface area contributed by atoms with Crippen LogP contribution in [0.2, 0.25) is 0 Å². The summed E-state index contributed by atoms with van der Waals surface area (Å²) < 4.78 is 10.8. The Morgan fingerprint density at radius 2 is 1.96 bits per heavy atom. The van der Waals surface area contributed by atoms with E-state index >= 15 is 0 Å². The zero-order valence-electron chi connectivity index (χ0n) is 16.2. The molecule has 0 N–H and O–H groups in total. The molecule has 1 aliphatic heterocycles. The lowest BCUT2D eigenvalue weighted by Crippen LogP contribution is -2.30. The van der Waals surface area contributed by atoms with Gasteiger partial charge in [0.15, 0.2) is 11.5 Å². The molecule has 0 radical (unpaired) electrons. The second kappa shape index (κ2) is 7.64. The predicted molar refractivity (Wildman–Crippen MR) is 110 cm³/mol. The number of carbonyl (C=O) groups is 1. The highest BCUT2D eigenvalue weighted by Crippen LogP contribution is 2.33. The van der Waals surface area contributed by atoms with E-state index in [1.807, 2.05) is 30.5 Å². The minimum absolute atomic E-state index is 0.0626. The van der Waals surface area contributed by atoms with Crippen molar-refractivity contribution in [2.45, 2.75) is 27.3 Å². The number of aromatic nitrogens is 1. The van der Waals surface area contributed by atoms with Gasteiger partial charge in [0.1, 0.15) is 10.7 Å². The first-order valence-corrected chi connectivity index (χ1v) is 10.1. The van der Waals surface area contributed by atoms with Crippen LogP contribution in [0.15, 0.2) is 41.8 Å². The number of thiazole rings is 1. The van der Waals surface area contributed by atoms with Crippen molar-refractivity contribution in [1.29, 1.82) is 0 Å². The van der Waals surface area contributed by atoms with Gasteiger partial charge in [0.05, 0.1) is 0 Å². The van der Waals surface area contributed by atoms with E-state index in [4.69, 9.17) is 9.47 Å². The Bertz CT molecular complexity index is 1030. The molecule has 1 amide bonds. The van der Waals surface area contributed by atoms with E-state index in [1.54, 1.807) is 4.90 Å². The van der Waals surface area contributed by atoms with E-state index in [9.17, 15) is 4.79 Å². The minimum atomic E-state index is -0.0626. The fraction of sp³-hybridized carbons (Fsp3) is 0.273. The maximum Gasteiger partial charge on any atom is 0.273 e. The molecule has 4 rings (SSSR count). The molecule has 5 nitrogen and oxygen atoms in total. The number of aryl methyl sites for hydroxylation is 2. The van der Waals surface area contributed by atoms with Crippen LogP contribution in [-0.2, 0) is 6.54 Å². The maximum atomic E-state index is 13.0. The lowest BCUT2D eigenvalue weighted by molar-refractivity contribution is 0.0747. The van der Waals surface area contributed by atoms with Crippen molar-refractivity contribution in [3.8, 4) is 22.1 Å². The summed E-state index contributed by atoms with van der Waals surface area (Å²) in [5, 5.41) is 2.72. The highest BCUT2D eigenvalue weighted by atomic mass is 32.1. The number of carbonyl (C=O) groups excluding carboxylic acids is 1. The van der Waals surface area contributed by atoms with Gasteiger partial charge in [-0.05, 0) is 44.0 Å². The summed E-state index contributed by atoms with van der Waals surface area (Å²) in [5.74, 6) is 1.41. The highest BCUT2D eigenvalue weighted by molar-refractivity contribution is 7.13. The third-order valence-electron chi connectivity index (χ3n) is 4.81. The molecule has 6 heteroatoms. The Hall–Kier alpha value is -2.86. The Morgan fingerprint density at radius 1 is 1.14 bits per heavy atom. The first-order chi connectivity index (χ1) is 13.5. The standard InChI is InChI=1S/C22H22N2O3S/c1-4-24(11-16-6-8-19-20(10-16)27-13-26-19)22(25)18-12-28-21(23-18)17-7-5-14(2)9-15(17)3/h5-10,12H,4,11,13H2,1-3H3. The first kappa shape index (κ1) is 18.5. The van der Waals surface area contributed by atoms with E-state index in [2.05, 4.69) is 37.0 Å². The molecule has 0 unspecified atom stereocenters. The fourth-order valence-corrected chi connectivity index (χ4v) is 4.18. The topological polar surface area (TPSA) is 51.7 Å². The van der Waals surface area contributed by atoms with Gasteiger partial charge in [0, 0.05) is 24.0 Å². The van der Waals surface area contributed by atoms with Gasteiger partial charge in [-0.2, -0.15) is 0 Å². The molecule has 0 spiro atoms. The monoisotopic (exact) mass is 394 g/mol. The van der Waals surface area contributed by atoms with Gasteiger partial charge in [-0.1, -0.05) is 29.8 Å². The predicted octanol–water partition coefficient (Wildman–Crippen LogP) is 4.82. The van der Waals surface area contributed by atoms with Gasteiger partial charge in [-0.25, -0.2) is 4.98 Å². The van der Waals surface area contributed by atoms with Crippen LogP contribution in [0.4, 0.5) is 0 Å². The van der Waals surface area contributed by atoms with Crippen LogP contribution >= 0.6 is 11.3 Å². The van der Waals surface area contributed by atoms with Crippen molar-refractivity contribution in [2.75, 3.05) is 13.3 Å². The number of nitrogens with zero attached hydrogens (tertiary/aromatic N) is 2. The third kappa shape index (κ3) is 3.60. The molecular weight excluding hydrogens is 372 g/mol. The molecule has 3 aromatic rings. The molecule has 2 heterocycles. The van der Waals surface area contributed by atoms with E-state index in [-0.39, 0.29) is 12.7 Å². The number of fused-ring (bicyclic) bond motifs is 1. The molecule has 0 aliphatic carbocycles. The molecule has 0 saturated carbocycles. The highest BCUT2D eigenvalue weighted by Gasteiger charge is 2.20. The molecule has 0 bridgehead atoms. The Morgan fingerprint density at radius 3 is 2.75 bits per heavy atom. The average molecular weight is 394 g/mol. The third-order valence-corrected chi connectivity index (χ3v) is 5.69. The van der Waals surface area contributed by atoms with Crippen molar-refractivity contribution in [1.82, 2.24) is 9.88 Å². The molecular formula is C22H22N2O3S. The van der Waals surface area contributed by atoms with Crippen LogP contribution in [-0.4, -0.2) is 29.1 Å². The van der Waals surface area contributed by atoms with Crippen molar-refractivity contribution < 1.29 is 14.3 Å². The summed E-state index contributed by atoms with van der Waals surface area (Å²) in [6, 6.07) is 12.1. The summed E-state index contributed by atoms with van der Waals surface area (Å²) in [7, 11) is 0. The first-order valence-electron chi connectivity index (χ1n) is 9.26. The molecule has 0 atom stereocenters. The molecule has 28 heavy (non-hydrogen) atoms. The Balaban J connectivity index is 1.53. The second-order valence-corrected chi connectivity index (χ2v) is 7.72. The summed E-state index contributed by atoms with van der Waals surface area (Å²) in [6.45, 7) is 7.47. The van der Waals surface area contributed by atoms with Gasteiger partial charge < -0.3 is 14.4 Å². The van der Waals surface area contributed by atoms with Crippen LogP contribution in [0.5, 0.6) is 11.5 Å². The zero-order chi connectivity index (χ0) is 19.7. The van der Waals surface area contributed by atoms with Crippen LogP contribution in [0, 0.1) is 13.8 Å². The molecule has 0 saturated heterocycles. The van der Waals surface area contributed by atoms with Crippen LogP contribution in [0.3, 0.4) is 0 Å². The van der Waals surface area contributed by atoms with Gasteiger partial charge >= 0.3 is 0 Å². The Kier molecular flexibility index (Phi) is 5.05. The van der Waals surface area contributed by atoms with Crippen LogP contribution in [0.25, 0.3) is 10.6 Å². The number of hydrogen-bond acceptors (Lipinski definition) is 5. The second-order valence-electron chi connectivity index (χ2n) is 6.86. The van der Waals surface area contributed by atoms with E-state index < -0.39 is 0 Å². The van der Waals surface area contributed by atoms with Crippen molar-refractivity contribution in [3.05, 3.63) is 64.2 Å². The number of amides is 1. The maximum absolute atomic E-state index is 13.0. The smallest absolute Gasteiger partial charge is 0.273 e. The summed E-state index contributed by atoms with van der Waals surface area (Å²) >= 11 is 1.51. The zero-order valence-corrected chi connectivity index (χ0v) is 17.0. The van der Waals surface area contributed by atoms with Crippen molar-refractivity contribution in [3.63, 3.8) is 0 Å². The van der Waals surface area contributed by atoms with Gasteiger partial charge in [0.25, 0.3) is 5.91 Å². The van der Waals surface area contributed by atoms with Crippen LogP contribution < -0.4 is 9.47 Å². The van der Waals surface area contributed by atoms with Crippen LogP contribution in [0.1, 0.15) is 34.1 Å². The number of hydrogen-bond donors (Lipinski definition) is 0. The van der Waals surface area contributed by atoms with E-state index in [0.29, 0.717) is 18.8 Å².